The SMILES string of the molecule is Cc1nc2ccccc2nc1N(CCN)CC(F)(F)F. The number of alkyl halides is 3. The summed E-state index contributed by atoms with van der Waals surface area (Å²) in [4.78, 5) is 9.70. The minimum absolute atomic E-state index is 0.0768. The molecule has 0 aliphatic carbocycles. The van der Waals surface area contributed by atoms with E-state index in [-0.39, 0.29) is 18.9 Å². The molecule has 0 spiro atoms. The molecule has 0 unspecified atom stereocenters. The average Bonchev–Trinajstić information content (AvgIpc) is 2.36. The molecule has 1 heterocycles. The van der Waals surface area contributed by atoms with Gasteiger partial charge in [0.1, 0.15) is 6.54 Å². The Kier molecular flexibility index (Phi) is 4.08. The van der Waals surface area contributed by atoms with Gasteiger partial charge in [-0.05, 0) is 19.1 Å². The molecule has 7 heteroatoms. The van der Waals surface area contributed by atoms with Gasteiger partial charge in [-0.25, -0.2) is 9.97 Å². The molecule has 2 rings (SSSR count). The highest BCUT2D eigenvalue weighted by Gasteiger charge is 2.31. The van der Waals surface area contributed by atoms with Crippen LogP contribution in [-0.2, 0) is 0 Å². The largest absolute Gasteiger partial charge is 0.405 e. The van der Waals surface area contributed by atoms with Crippen LogP contribution >= 0.6 is 0 Å². The Balaban J connectivity index is 2.44. The molecule has 0 aliphatic heterocycles. The fraction of sp³-hybridized carbons (Fsp3) is 0.385. The quantitative estimate of drug-likeness (QED) is 0.935. The summed E-state index contributed by atoms with van der Waals surface area (Å²) in [6.45, 7) is 0.754. The number of para-hydroxylation sites is 2. The van der Waals surface area contributed by atoms with Crippen LogP contribution in [0.3, 0.4) is 0 Å². The van der Waals surface area contributed by atoms with Gasteiger partial charge in [-0.2, -0.15) is 13.2 Å². The normalized spacial score (nSPS) is 11.8. The smallest absolute Gasteiger partial charge is 0.345 e. The number of aryl methyl sites for hydroxylation is 1. The second-order valence-corrected chi connectivity index (χ2v) is 4.45. The topological polar surface area (TPSA) is 55.0 Å². The molecule has 1 aromatic heterocycles. The summed E-state index contributed by atoms with van der Waals surface area (Å²) >= 11 is 0. The number of halogens is 3. The van der Waals surface area contributed by atoms with E-state index >= 15 is 0 Å². The number of fused-ring (bicyclic) bond motifs is 1. The molecule has 2 aromatic rings. The Morgan fingerprint density at radius 3 is 2.30 bits per heavy atom. The van der Waals surface area contributed by atoms with E-state index in [1.807, 2.05) is 6.07 Å². The number of nitrogens with zero attached hydrogens (tertiary/aromatic N) is 3. The Morgan fingerprint density at radius 1 is 1.15 bits per heavy atom. The fourth-order valence-electron chi connectivity index (χ4n) is 2.01. The maximum atomic E-state index is 12.6. The van der Waals surface area contributed by atoms with Gasteiger partial charge in [0.2, 0.25) is 0 Å². The van der Waals surface area contributed by atoms with Crippen LogP contribution in [-0.4, -0.2) is 35.8 Å². The number of hydrogen-bond acceptors (Lipinski definition) is 4. The van der Waals surface area contributed by atoms with Crippen molar-refractivity contribution in [1.29, 1.82) is 0 Å². The maximum Gasteiger partial charge on any atom is 0.405 e. The van der Waals surface area contributed by atoms with E-state index in [1.165, 1.54) is 0 Å². The third kappa shape index (κ3) is 3.36. The van der Waals surface area contributed by atoms with Crippen molar-refractivity contribution in [3.63, 3.8) is 0 Å². The van der Waals surface area contributed by atoms with Crippen LogP contribution in [0.2, 0.25) is 0 Å². The van der Waals surface area contributed by atoms with E-state index in [9.17, 15) is 13.2 Å². The van der Waals surface area contributed by atoms with Crippen LogP contribution in [0, 0.1) is 6.92 Å². The summed E-state index contributed by atoms with van der Waals surface area (Å²) in [6, 6.07) is 7.08. The predicted molar refractivity (Wildman–Crippen MR) is 71.6 cm³/mol. The highest BCUT2D eigenvalue weighted by Crippen LogP contribution is 2.24. The maximum absolute atomic E-state index is 12.6. The van der Waals surface area contributed by atoms with Gasteiger partial charge in [0.15, 0.2) is 5.82 Å². The second kappa shape index (κ2) is 5.62. The van der Waals surface area contributed by atoms with Crippen molar-refractivity contribution in [2.45, 2.75) is 13.1 Å². The Morgan fingerprint density at radius 2 is 1.75 bits per heavy atom. The van der Waals surface area contributed by atoms with E-state index in [2.05, 4.69) is 9.97 Å². The predicted octanol–water partition coefficient (Wildman–Crippen LogP) is 2.27. The van der Waals surface area contributed by atoms with Gasteiger partial charge in [-0.3, -0.25) is 0 Å². The lowest BCUT2D eigenvalue weighted by Crippen LogP contribution is -2.38. The molecule has 0 radical (unpaired) electrons. The fourth-order valence-corrected chi connectivity index (χ4v) is 2.01. The van der Waals surface area contributed by atoms with Crippen molar-refractivity contribution in [3.05, 3.63) is 30.0 Å². The van der Waals surface area contributed by atoms with Crippen LogP contribution in [0.5, 0.6) is 0 Å². The van der Waals surface area contributed by atoms with E-state index in [0.717, 1.165) is 4.90 Å². The molecule has 0 saturated carbocycles. The standard InChI is InChI=1S/C13H15F3N4/c1-9-12(20(7-6-17)8-13(14,15)16)19-11-5-3-2-4-10(11)18-9/h2-5H,6-8,17H2,1H3. The lowest BCUT2D eigenvalue weighted by Gasteiger charge is -2.25. The number of nitrogens with two attached hydrogens (primary N) is 1. The van der Waals surface area contributed by atoms with Gasteiger partial charge < -0.3 is 10.6 Å². The van der Waals surface area contributed by atoms with Gasteiger partial charge >= 0.3 is 6.18 Å². The summed E-state index contributed by atoms with van der Waals surface area (Å²) in [5.41, 5.74) is 7.08. The number of hydrogen-bond donors (Lipinski definition) is 1. The molecule has 0 saturated heterocycles. The summed E-state index contributed by atoms with van der Waals surface area (Å²) in [5.74, 6) is 0.228. The van der Waals surface area contributed by atoms with Gasteiger partial charge in [0.25, 0.3) is 0 Å². The average molecular weight is 284 g/mol. The summed E-state index contributed by atoms with van der Waals surface area (Å²) in [7, 11) is 0. The summed E-state index contributed by atoms with van der Waals surface area (Å²) in [5, 5.41) is 0. The molecule has 0 bridgehead atoms. The molecule has 20 heavy (non-hydrogen) atoms. The van der Waals surface area contributed by atoms with Crippen molar-refractivity contribution in [2.75, 3.05) is 24.5 Å². The molecule has 4 nitrogen and oxygen atoms in total. The third-order valence-electron chi connectivity index (χ3n) is 2.79. The molecule has 2 N–H and O–H groups in total. The van der Waals surface area contributed by atoms with Crippen molar-refractivity contribution in [2.24, 2.45) is 5.73 Å². The van der Waals surface area contributed by atoms with Crippen molar-refractivity contribution < 1.29 is 13.2 Å². The molecule has 1 aromatic carbocycles. The van der Waals surface area contributed by atoms with Crippen molar-refractivity contribution in [3.8, 4) is 0 Å². The highest BCUT2D eigenvalue weighted by molar-refractivity contribution is 5.76. The number of aromatic nitrogens is 2. The van der Waals surface area contributed by atoms with Gasteiger partial charge in [-0.15, -0.1) is 0 Å². The van der Waals surface area contributed by atoms with E-state index in [4.69, 9.17) is 5.73 Å². The zero-order chi connectivity index (χ0) is 14.8. The van der Waals surface area contributed by atoms with Crippen molar-refractivity contribution in [1.82, 2.24) is 9.97 Å². The monoisotopic (exact) mass is 284 g/mol. The molecule has 0 aliphatic rings. The first kappa shape index (κ1) is 14.5. The molecule has 0 atom stereocenters. The number of benzene rings is 1. The van der Waals surface area contributed by atoms with Gasteiger partial charge in [0.05, 0.1) is 16.7 Å². The van der Waals surface area contributed by atoms with E-state index in [0.29, 0.717) is 16.7 Å². The van der Waals surface area contributed by atoms with Crippen LogP contribution in [0.4, 0.5) is 19.0 Å². The van der Waals surface area contributed by atoms with Crippen LogP contribution in [0.15, 0.2) is 24.3 Å². The first-order valence-corrected chi connectivity index (χ1v) is 6.16. The number of rotatable bonds is 4. The Hall–Kier alpha value is -1.89. The van der Waals surface area contributed by atoms with Crippen molar-refractivity contribution >= 4 is 16.9 Å². The zero-order valence-corrected chi connectivity index (χ0v) is 11.0. The lowest BCUT2D eigenvalue weighted by atomic mass is 10.2. The number of anilines is 1. The van der Waals surface area contributed by atoms with Crippen LogP contribution in [0.25, 0.3) is 11.0 Å². The molecule has 0 amide bonds. The minimum Gasteiger partial charge on any atom is -0.345 e. The molecular weight excluding hydrogens is 269 g/mol. The van der Waals surface area contributed by atoms with Gasteiger partial charge in [-0.1, -0.05) is 12.1 Å². The lowest BCUT2D eigenvalue weighted by molar-refractivity contribution is -0.119. The van der Waals surface area contributed by atoms with E-state index < -0.39 is 12.7 Å². The first-order chi connectivity index (χ1) is 9.40. The summed E-state index contributed by atoms with van der Waals surface area (Å²) in [6.07, 6.45) is -4.31. The van der Waals surface area contributed by atoms with Crippen LogP contribution < -0.4 is 10.6 Å². The Bertz CT molecular complexity index is 598. The minimum atomic E-state index is -4.31. The first-order valence-electron chi connectivity index (χ1n) is 6.16. The zero-order valence-electron chi connectivity index (χ0n) is 11.0. The van der Waals surface area contributed by atoms with Crippen LogP contribution in [0.1, 0.15) is 5.69 Å². The summed E-state index contributed by atoms with van der Waals surface area (Å²) < 4.78 is 37.9. The van der Waals surface area contributed by atoms with E-state index in [1.54, 1.807) is 25.1 Å². The molecule has 108 valence electrons. The molecular formula is C13H15F3N4. The second-order valence-electron chi connectivity index (χ2n) is 4.45. The van der Waals surface area contributed by atoms with Gasteiger partial charge in [0, 0.05) is 13.1 Å². The Labute approximate surface area is 114 Å². The molecule has 0 fully saturated rings. The third-order valence-corrected chi connectivity index (χ3v) is 2.79. The highest BCUT2D eigenvalue weighted by atomic mass is 19.4.